The van der Waals surface area contributed by atoms with Crippen LogP contribution in [-0.4, -0.2) is 28.4 Å². The van der Waals surface area contributed by atoms with Crippen LogP contribution in [0.2, 0.25) is 0 Å². The average molecular weight is 339 g/mol. The summed E-state index contributed by atoms with van der Waals surface area (Å²) in [6.45, 7) is 0. The lowest BCUT2D eigenvalue weighted by Crippen LogP contribution is -2.13. The Morgan fingerprint density at radius 2 is 1.96 bits per heavy atom. The molecule has 0 atom stereocenters. The molecule has 0 unspecified atom stereocenters. The Labute approximate surface area is 132 Å². The minimum Gasteiger partial charge on any atom is -0.493 e. The Balaban J connectivity index is 2.47. The minimum atomic E-state index is -4.85. The summed E-state index contributed by atoms with van der Waals surface area (Å²) in [4.78, 5) is 11.2. The fraction of sp³-hybridized carbons (Fsp3) is 0.143. The number of rotatable bonds is 4. The number of carboxylic acids is 1. The topological polar surface area (TPSA) is 105 Å². The highest BCUT2D eigenvalue weighted by Crippen LogP contribution is 2.34. The van der Waals surface area contributed by atoms with E-state index in [1.807, 2.05) is 6.07 Å². The summed E-state index contributed by atoms with van der Waals surface area (Å²) in [7, 11) is 1.28. The lowest BCUT2D eigenvalue weighted by molar-refractivity contribution is -0.141. The molecule has 0 saturated heterocycles. The van der Waals surface area contributed by atoms with E-state index >= 15 is 0 Å². The molecule has 0 aliphatic rings. The van der Waals surface area contributed by atoms with E-state index in [0.717, 1.165) is 0 Å². The van der Waals surface area contributed by atoms with Gasteiger partial charge >= 0.3 is 12.1 Å². The molecule has 24 heavy (non-hydrogen) atoms. The number of aromatic carboxylic acids is 1. The van der Waals surface area contributed by atoms with E-state index in [2.05, 4.69) is 10.2 Å². The Kier molecular flexibility index (Phi) is 4.54. The normalized spacial score (nSPS) is 10.8. The summed E-state index contributed by atoms with van der Waals surface area (Å²) >= 11 is 0. The maximum Gasteiger partial charge on any atom is 0.435 e. The largest absolute Gasteiger partial charge is 0.493 e. The number of hydrogen-bond donors (Lipinski definition) is 1. The smallest absolute Gasteiger partial charge is 0.435 e. The van der Waals surface area contributed by atoms with Gasteiger partial charge in [-0.3, -0.25) is 0 Å². The summed E-state index contributed by atoms with van der Waals surface area (Å²) in [6, 6.07) is 6.15. The van der Waals surface area contributed by atoms with E-state index in [1.54, 1.807) is 0 Å². The summed E-state index contributed by atoms with van der Waals surface area (Å²) in [5, 5.41) is 24.0. The number of nitriles is 1. The van der Waals surface area contributed by atoms with Gasteiger partial charge in [0, 0.05) is 6.07 Å². The summed E-state index contributed by atoms with van der Waals surface area (Å²) in [5.41, 5.74) is -2.03. The second-order valence-electron chi connectivity index (χ2n) is 4.33. The molecule has 2 rings (SSSR count). The van der Waals surface area contributed by atoms with Crippen molar-refractivity contribution in [1.29, 1.82) is 5.26 Å². The fourth-order valence-electron chi connectivity index (χ4n) is 1.67. The van der Waals surface area contributed by atoms with Gasteiger partial charge in [0.25, 0.3) is 5.88 Å². The van der Waals surface area contributed by atoms with Crippen LogP contribution < -0.4 is 9.47 Å². The van der Waals surface area contributed by atoms with Crippen molar-refractivity contribution in [3.63, 3.8) is 0 Å². The number of ether oxygens (including phenoxy) is 2. The predicted octanol–water partition coefficient (Wildman–Crippen LogP) is 2.87. The van der Waals surface area contributed by atoms with E-state index in [-0.39, 0.29) is 17.1 Å². The van der Waals surface area contributed by atoms with Crippen LogP contribution in [0, 0.1) is 11.3 Å². The average Bonchev–Trinajstić information content (AvgIpc) is 2.54. The molecule has 7 nitrogen and oxygen atoms in total. The SMILES string of the molecule is COc1cc(C#N)ccc1Oc1nnc(C(F)(F)F)cc1C(=O)O. The Morgan fingerprint density at radius 1 is 1.25 bits per heavy atom. The maximum absolute atomic E-state index is 12.6. The van der Waals surface area contributed by atoms with Gasteiger partial charge in [0.15, 0.2) is 17.2 Å². The second kappa shape index (κ2) is 6.41. The van der Waals surface area contributed by atoms with Crippen LogP contribution in [0.5, 0.6) is 17.4 Å². The molecule has 124 valence electrons. The molecular weight excluding hydrogens is 331 g/mol. The lowest BCUT2D eigenvalue weighted by atomic mass is 10.2. The molecule has 1 N–H and O–H groups in total. The quantitative estimate of drug-likeness (QED) is 0.913. The number of carboxylic acid groups (broad SMARTS) is 1. The molecule has 0 saturated carbocycles. The maximum atomic E-state index is 12.6. The first-order valence-electron chi connectivity index (χ1n) is 6.20. The van der Waals surface area contributed by atoms with Crippen LogP contribution in [0.25, 0.3) is 0 Å². The fourth-order valence-corrected chi connectivity index (χ4v) is 1.67. The van der Waals surface area contributed by atoms with Crippen molar-refractivity contribution in [2.24, 2.45) is 0 Å². The molecule has 1 aromatic carbocycles. The highest BCUT2D eigenvalue weighted by atomic mass is 19.4. The van der Waals surface area contributed by atoms with Crippen LogP contribution in [-0.2, 0) is 6.18 Å². The number of halogens is 3. The van der Waals surface area contributed by atoms with Crippen LogP contribution in [0.3, 0.4) is 0 Å². The first-order valence-corrected chi connectivity index (χ1v) is 6.20. The van der Waals surface area contributed by atoms with Gasteiger partial charge in [-0.2, -0.15) is 18.4 Å². The number of benzene rings is 1. The van der Waals surface area contributed by atoms with E-state index in [1.165, 1.54) is 25.3 Å². The van der Waals surface area contributed by atoms with Crippen LogP contribution >= 0.6 is 0 Å². The molecule has 0 radical (unpaired) electrons. The number of carbonyl (C=O) groups is 1. The van der Waals surface area contributed by atoms with Gasteiger partial charge < -0.3 is 14.6 Å². The number of nitrogens with zero attached hydrogens (tertiary/aromatic N) is 3. The van der Waals surface area contributed by atoms with Gasteiger partial charge in [-0.1, -0.05) is 0 Å². The predicted molar refractivity (Wildman–Crippen MR) is 71.8 cm³/mol. The summed E-state index contributed by atoms with van der Waals surface area (Å²) < 4.78 is 48.0. The Hall–Kier alpha value is -3.35. The molecule has 2 aromatic rings. The number of methoxy groups -OCH3 is 1. The molecule has 10 heteroatoms. The number of alkyl halides is 3. The van der Waals surface area contributed by atoms with E-state index in [0.29, 0.717) is 6.07 Å². The monoisotopic (exact) mass is 339 g/mol. The van der Waals surface area contributed by atoms with Crippen molar-refractivity contribution in [1.82, 2.24) is 10.2 Å². The van der Waals surface area contributed by atoms with Crippen LogP contribution in [0.4, 0.5) is 13.2 Å². The molecule has 1 aromatic heterocycles. The van der Waals surface area contributed by atoms with Crippen molar-refractivity contribution in [3.05, 3.63) is 41.1 Å². The van der Waals surface area contributed by atoms with Crippen molar-refractivity contribution >= 4 is 5.97 Å². The minimum absolute atomic E-state index is 0.0342. The first-order chi connectivity index (χ1) is 11.3. The van der Waals surface area contributed by atoms with E-state index in [4.69, 9.17) is 19.8 Å². The third-order valence-electron chi connectivity index (χ3n) is 2.78. The van der Waals surface area contributed by atoms with E-state index in [9.17, 15) is 18.0 Å². The Morgan fingerprint density at radius 3 is 2.50 bits per heavy atom. The molecule has 0 amide bonds. The molecule has 0 spiro atoms. The van der Waals surface area contributed by atoms with Gasteiger partial charge in [0.1, 0.15) is 5.56 Å². The molecule has 1 heterocycles. The zero-order chi connectivity index (χ0) is 17.9. The van der Waals surface area contributed by atoms with Gasteiger partial charge in [-0.25, -0.2) is 4.79 Å². The lowest BCUT2D eigenvalue weighted by Gasteiger charge is -2.12. The first kappa shape index (κ1) is 17.0. The van der Waals surface area contributed by atoms with Crippen molar-refractivity contribution in [3.8, 4) is 23.4 Å². The third kappa shape index (κ3) is 3.52. The molecule has 0 bridgehead atoms. The van der Waals surface area contributed by atoms with Crippen molar-refractivity contribution in [2.45, 2.75) is 6.18 Å². The van der Waals surface area contributed by atoms with Gasteiger partial charge in [0.05, 0.1) is 18.7 Å². The molecular formula is C14H8F3N3O4. The van der Waals surface area contributed by atoms with Crippen molar-refractivity contribution < 1.29 is 32.5 Å². The molecule has 0 aliphatic carbocycles. The zero-order valence-corrected chi connectivity index (χ0v) is 12.0. The van der Waals surface area contributed by atoms with E-state index < -0.39 is 29.3 Å². The standard InChI is InChI=1S/C14H8F3N3O4/c1-23-10-4-7(6-18)2-3-9(10)24-12-8(13(21)22)5-11(19-20-12)14(15,16)17/h2-5H,1H3,(H,21,22). The number of aromatic nitrogens is 2. The highest BCUT2D eigenvalue weighted by Gasteiger charge is 2.35. The molecule has 0 fully saturated rings. The van der Waals surface area contributed by atoms with Crippen LogP contribution in [0.15, 0.2) is 24.3 Å². The summed E-state index contributed by atoms with van der Waals surface area (Å²) in [5.74, 6) is -2.27. The van der Waals surface area contributed by atoms with Gasteiger partial charge in [-0.15, -0.1) is 10.2 Å². The van der Waals surface area contributed by atoms with Crippen LogP contribution in [0.1, 0.15) is 21.6 Å². The van der Waals surface area contributed by atoms with Gasteiger partial charge in [0.2, 0.25) is 0 Å². The Bertz CT molecular complexity index is 831. The highest BCUT2D eigenvalue weighted by molar-refractivity contribution is 5.90. The molecule has 0 aliphatic heterocycles. The van der Waals surface area contributed by atoms with Crippen molar-refractivity contribution in [2.75, 3.05) is 7.11 Å². The summed E-state index contributed by atoms with van der Waals surface area (Å²) in [6.07, 6.45) is -4.85. The zero-order valence-electron chi connectivity index (χ0n) is 12.0. The second-order valence-corrected chi connectivity index (χ2v) is 4.33. The third-order valence-corrected chi connectivity index (χ3v) is 2.78. The van der Waals surface area contributed by atoms with Gasteiger partial charge in [-0.05, 0) is 18.2 Å². The number of hydrogen-bond acceptors (Lipinski definition) is 6.